The lowest BCUT2D eigenvalue weighted by Gasteiger charge is -2.07. The zero-order valence-electron chi connectivity index (χ0n) is 10.4. The summed E-state index contributed by atoms with van der Waals surface area (Å²) in [6.45, 7) is 0.570. The maximum absolute atomic E-state index is 11.5. The molecule has 1 aromatic heterocycles. The molecule has 19 heavy (non-hydrogen) atoms. The number of phenols is 1. The summed E-state index contributed by atoms with van der Waals surface area (Å²) in [5, 5.41) is 12.3. The predicted octanol–water partition coefficient (Wildman–Crippen LogP) is 1.96. The number of rotatable bonds is 4. The van der Waals surface area contributed by atoms with Crippen LogP contribution in [0, 0.1) is 0 Å². The molecule has 0 spiro atoms. The second-order valence-corrected chi connectivity index (χ2v) is 4.81. The van der Waals surface area contributed by atoms with E-state index in [-0.39, 0.29) is 11.3 Å². The fourth-order valence-electron chi connectivity index (χ4n) is 1.92. The maximum atomic E-state index is 11.5. The molecule has 98 valence electrons. The van der Waals surface area contributed by atoms with Gasteiger partial charge in [0.05, 0.1) is 0 Å². The molecule has 5 nitrogen and oxygen atoms in total. The van der Waals surface area contributed by atoms with Gasteiger partial charge in [-0.1, -0.05) is 12.1 Å². The van der Waals surface area contributed by atoms with Crippen molar-refractivity contribution in [3.63, 3.8) is 0 Å². The average molecular weight is 257 g/mol. The van der Waals surface area contributed by atoms with Crippen LogP contribution in [0.2, 0.25) is 0 Å². The van der Waals surface area contributed by atoms with Crippen LogP contribution in [0.4, 0.5) is 5.82 Å². The number of nitrogens with zero attached hydrogens (tertiary/aromatic N) is 1. The first-order chi connectivity index (χ1) is 9.20. The standard InChI is InChI=1S/C14H15N3O2/c18-11-5-1-9(2-6-11)8-15-12-7-13(19)17-14(16-12)10-3-4-10/h1-2,5-7,10,18H,3-4,8H2,(H2,15,16,17,19). The van der Waals surface area contributed by atoms with Crippen molar-refractivity contribution in [2.45, 2.75) is 25.3 Å². The average Bonchev–Trinajstić information content (AvgIpc) is 3.22. The van der Waals surface area contributed by atoms with Crippen molar-refractivity contribution in [2.75, 3.05) is 5.32 Å². The van der Waals surface area contributed by atoms with E-state index in [0.29, 0.717) is 18.3 Å². The summed E-state index contributed by atoms with van der Waals surface area (Å²) in [5.41, 5.74) is 0.901. The van der Waals surface area contributed by atoms with Crippen LogP contribution in [0.3, 0.4) is 0 Å². The molecule has 0 unspecified atom stereocenters. The Balaban J connectivity index is 1.72. The van der Waals surface area contributed by atoms with Gasteiger partial charge < -0.3 is 15.4 Å². The van der Waals surface area contributed by atoms with Gasteiger partial charge in [0.1, 0.15) is 17.4 Å². The smallest absolute Gasteiger partial charge is 0.252 e. The van der Waals surface area contributed by atoms with Gasteiger partial charge in [-0.05, 0) is 30.5 Å². The van der Waals surface area contributed by atoms with E-state index in [4.69, 9.17) is 0 Å². The minimum absolute atomic E-state index is 0.120. The number of aromatic nitrogens is 2. The second kappa shape index (κ2) is 4.76. The number of anilines is 1. The highest BCUT2D eigenvalue weighted by Gasteiger charge is 2.26. The van der Waals surface area contributed by atoms with Gasteiger partial charge in [-0.3, -0.25) is 4.79 Å². The molecule has 1 aliphatic rings. The van der Waals surface area contributed by atoms with Gasteiger partial charge in [0.25, 0.3) is 5.56 Å². The van der Waals surface area contributed by atoms with Gasteiger partial charge in [0.15, 0.2) is 0 Å². The summed E-state index contributed by atoms with van der Waals surface area (Å²) in [6.07, 6.45) is 2.20. The molecular formula is C14H15N3O2. The molecule has 3 N–H and O–H groups in total. The number of aromatic hydroxyl groups is 1. The lowest BCUT2D eigenvalue weighted by atomic mass is 10.2. The van der Waals surface area contributed by atoms with Gasteiger partial charge in [-0.25, -0.2) is 4.98 Å². The molecule has 5 heteroatoms. The van der Waals surface area contributed by atoms with Crippen LogP contribution in [0.5, 0.6) is 5.75 Å². The first-order valence-corrected chi connectivity index (χ1v) is 6.34. The lowest BCUT2D eigenvalue weighted by molar-refractivity contribution is 0.475. The number of phenolic OH excluding ortho intramolecular Hbond substituents is 1. The number of H-pyrrole nitrogens is 1. The molecule has 1 aromatic carbocycles. The number of benzene rings is 1. The Morgan fingerprint density at radius 1 is 1.32 bits per heavy atom. The summed E-state index contributed by atoms with van der Waals surface area (Å²) < 4.78 is 0. The van der Waals surface area contributed by atoms with Gasteiger partial charge in [0, 0.05) is 18.5 Å². The van der Waals surface area contributed by atoms with Crippen LogP contribution in [0.25, 0.3) is 0 Å². The van der Waals surface area contributed by atoms with Crippen LogP contribution in [-0.2, 0) is 6.54 Å². The molecule has 0 aliphatic heterocycles. The minimum Gasteiger partial charge on any atom is -0.508 e. The molecule has 0 saturated heterocycles. The highest BCUT2D eigenvalue weighted by molar-refractivity contribution is 5.36. The summed E-state index contributed by atoms with van der Waals surface area (Å²) >= 11 is 0. The van der Waals surface area contributed by atoms with Gasteiger partial charge in [-0.15, -0.1) is 0 Å². The van der Waals surface area contributed by atoms with Crippen molar-refractivity contribution >= 4 is 5.82 Å². The topological polar surface area (TPSA) is 78.0 Å². The monoisotopic (exact) mass is 257 g/mol. The predicted molar refractivity (Wildman–Crippen MR) is 72.3 cm³/mol. The van der Waals surface area contributed by atoms with E-state index < -0.39 is 0 Å². The molecule has 0 amide bonds. The quantitative estimate of drug-likeness (QED) is 0.782. The number of hydrogen-bond donors (Lipinski definition) is 3. The Bertz CT molecular complexity index is 630. The number of hydrogen-bond acceptors (Lipinski definition) is 4. The number of nitrogens with one attached hydrogen (secondary N) is 2. The molecule has 1 fully saturated rings. The third-order valence-electron chi connectivity index (χ3n) is 3.13. The Labute approximate surface area is 110 Å². The van der Waals surface area contributed by atoms with Crippen molar-refractivity contribution in [2.24, 2.45) is 0 Å². The Morgan fingerprint density at radius 2 is 2.05 bits per heavy atom. The molecule has 2 aromatic rings. The highest BCUT2D eigenvalue weighted by Crippen LogP contribution is 2.37. The molecule has 0 radical (unpaired) electrons. The molecule has 3 rings (SSSR count). The van der Waals surface area contributed by atoms with Crippen molar-refractivity contribution in [1.82, 2.24) is 9.97 Å². The SMILES string of the molecule is O=c1cc(NCc2ccc(O)cc2)nc(C2CC2)[nH]1. The molecule has 1 aliphatic carbocycles. The van der Waals surface area contributed by atoms with Gasteiger partial charge in [0.2, 0.25) is 0 Å². The highest BCUT2D eigenvalue weighted by atomic mass is 16.3. The fraction of sp³-hybridized carbons (Fsp3) is 0.286. The molecule has 1 saturated carbocycles. The van der Waals surface area contributed by atoms with Crippen LogP contribution in [0.1, 0.15) is 30.1 Å². The van der Waals surface area contributed by atoms with Crippen LogP contribution in [0.15, 0.2) is 35.1 Å². The normalized spacial score (nSPS) is 14.3. The van der Waals surface area contributed by atoms with Gasteiger partial charge >= 0.3 is 0 Å². The first kappa shape index (κ1) is 11.8. The molecular weight excluding hydrogens is 242 g/mol. The maximum Gasteiger partial charge on any atom is 0.252 e. The Hall–Kier alpha value is -2.30. The number of aromatic amines is 1. The van der Waals surface area contributed by atoms with E-state index in [1.165, 1.54) is 6.07 Å². The second-order valence-electron chi connectivity index (χ2n) is 4.81. The summed E-state index contributed by atoms with van der Waals surface area (Å²) in [5.74, 6) is 2.04. The van der Waals surface area contributed by atoms with Crippen molar-refractivity contribution in [3.05, 3.63) is 52.1 Å². The lowest BCUT2D eigenvalue weighted by Crippen LogP contribution is -2.13. The zero-order chi connectivity index (χ0) is 13.2. The van der Waals surface area contributed by atoms with Gasteiger partial charge in [-0.2, -0.15) is 0 Å². The Morgan fingerprint density at radius 3 is 2.74 bits per heavy atom. The van der Waals surface area contributed by atoms with Crippen LogP contribution >= 0.6 is 0 Å². The molecule has 0 atom stereocenters. The first-order valence-electron chi connectivity index (χ1n) is 6.34. The van der Waals surface area contributed by atoms with E-state index in [0.717, 1.165) is 24.2 Å². The summed E-state index contributed by atoms with van der Waals surface area (Å²) in [7, 11) is 0. The van der Waals surface area contributed by atoms with Crippen LogP contribution < -0.4 is 10.9 Å². The Kier molecular flexibility index (Phi) is 2.95. The summed E-state index contributed by atoms with van der Waals surface area (Å²) in [4.78, 5) is 18.7. The molecule has 1 heterocycles. The summed E-state index contributed by atoms with van der Waals surface area (Å²) in [6, 6.07) is 8.40. The largest absolute Gasteiger partial charge is 0.508 e. The van der Waals surface area contributed by atoms with E-state index in [9.17, 15) is 9.90 Å². The van der Waals surface area contributed by atoms with Crippen molar-refractivity contribution < 1.29 is 5.11 Å². The van der Waals surface area contributed by atoms with Crippen LogP contribution in [-0.4, -0.2) is 15.1 Å². The van der Waals surface area contributed by atoms with E-state index >= 15 is 0 Å². The van der Waals surface area contributed by atoms with Crippen molar-refractivity contribution in [3.8, 4) is 5.75 Å². The van der Waals surface area contributed by atoms with E-state index in [2.05, 4.69) is 15.3 Å². The fourth-order valence-corrected chi connectivity index (χ4v) is 1.92. The van der Waals surface area contributed by atoms with E-state index in [1.54, 1.807) is 12.1 Å². The third-order valence-corrected chi connectivity index (χ3v) is 3.13. The minimum atomic E-state index is -0.120. The third kappa shape index (κ3) is 2.93. The zero-order valence-corrected chi connectivity index (χ0v) is 10.4. The van der Waals surface area contributed by atoms with E-state index in [1.807, 2.05) is 12.1 Å². The van der Waals surface area contributed by atoms with Crippen molar-refractivity contribution in [1.29, 1.82) is 0 Å². The molecule has 0 bridgehead atoms.